The third-order valence-corrected chi connectivity index (χ3v) is 1.90. The molecular formula is C9H13F. The van der Waals surface area contributed by atoms with Crippen LogP contribution in [0.15, 0.2) is 24.1 Å². The molecule has 1 heteroatoms. The van der Waals surface area contributed by atoms with E-state index in [9.17, 15) is 4.39 Å². The Bertz CT molecular complexity index is 156. The molecule has 0 N–H and O–H groups in total. The Hall–Kier alpha value is -0.590. The maximum atomic E-state index is 12.9. The summed E-state index contributed by atoms with van der Waals surface area (Å²) in [5, 5.41) is 0. The molecule has 0 unspecified atom stereocenters. The molecule has 0 radical (unpaired) electrons. The van der Waals surface area contributed by atoms with Gasteiger partial charge in [0.25, 0.3) is 0 Å². The van der Waals surface area contributed by atoms with Crippen LogP contribution in [0.3, 0.4) is 0 Å². The van der Waals surface area contributed by atoms with E-state index in [0.717, 1.165) is 31.3 Å². The SMILES string of the molecule is C=CCC1=C(F)CCCC1. The topological polar surface area (TPSA) is 0 Å². The first-order valence-electron chi connectivity index (χ1n) is 3.82. The van der Waals surface area contributed by atoms with E-state index in [4.69, 9.17) is 0 Å². The second kappa shape index (κ2) is 3.55. The van der Waals surface area contributed by atoms with Crippen molar-refractivity contribution in [2.24, 2.45) is 0 Å². The minimum atomic E-state index is 0.117. The molecule has 0 fully saturated rings. The largest absolute Gasteiger partial charge is 0.212 e. The fraction of sp³-hybridized carbons (Fsp3) is 0.556. The van der Waals surface area contributed by atoms with Crippen molar-refractivity contribution in [3.05, 3.63) is 24.1 Å². The molecule has 56 valence electrons. The van der Waals surface area contributed by atoms with E-state index >= 15 is 0 Å². The number of hydrogen-bond donors (Lipinski definition) is 0. The minimum Gasteiger partial charge on any atom is -0.212 e. The van der Waals surface area contributed by atoms with Gasteiger partial charge in [-0.05, 0) is 37.7 Å². The molecule has 1 aliphatic carbocycles. The van der Waals surface area contributed by atoms with Crippen molar-refractivity contribution in [3.8, 4) is 0 Å². The lowest BCUT2D eigenvalue weighted by atomic mass is 9.96. The summed E-state index contributed by atoms with van der Waals surface area (Å²) in [6, 6.07) is 0. The molecule has 0 atom stereocenters. The van der Waals surface area contributed by atoms with Gasteiger partial charge in [-0.3, -0.25) is 0 Å². The second-order valence-corrected chi connectivity index (χ2v) is 2.71. The molecule has 0 bridgehead atoms. The van der Waals surface area contributed by atoms with E-state index in [1.807, 2.05) is 0 Å². The molecule has 10 heavy (non-hydrogen) atoms. The molecule has 0 spiro atoms. The van der Waals surface area contributed by atoms with Crippen molar-refractivity contribution >= 4 is 0 Å². The van der Waals surface area contributed by atoms with Gasteiger partial charge in [-0.1, -0.05) is 6.08 Å². The van der Waals surface area contributed by atoms with Crippen LogP contribution >= 0.6 is 0 Å². The Labute approximate surface area is 61.4 Å². The van der Waals surface area contributed by atoms with Crippen LogP contribution in [0.25, 0.3) is 0 Å². The van der Waals surface area contributed by atoms with Crippen LogP contribution in [-0.4, -0.2) is 0 Å². The van der Waals surface area contributed by atoms with Crippen LogP contribution < -0.4 is 0 Å². The zero-order valence-electron chi connectivity index (χ0n) is 6.20. The Morgan fingerprint density at radius 3 is 2.70 bits per heavy atom. The van der Waals surface area contributed by atoms with Gasteiger partial charge in [0.2, 0.25) is 0 Å². The van der Waals surface area contributed by atoms with Gasteiger partial charge < -0.3 is 0 Å². The monoisotopic (exact) mass is 140 g/mol. The van der Waals surface area contributed by atoms with Gasteiger partial charge in [0, 0.05) is 0 Å². The zero-order chi connectivity index (χ0) is 7.40. The number of halogens is 1. The van der Waals surface area contributed by atoms with E-state index in [-0.39, 0.29) is 5.83 Å². The summed E-state index contributed by atoms with van der Waals surface area (Å²) in [6.07, 6.45) is 6.29. The fourth-order valence-electron chi connectivity index (χ4n) is 1.32. The van der Waals surface area contributed by atoms with Crippen LogP contribution in [0.4, 0.5) is 4.39 Å². The molecule has 0 aromatic heterocycles. The average molecular weight is 140 g/mol. The predicted octanol–water partition coefficient (Wildman–Crippen LogP) is 3.36. The summed E-state index contributed by atoms with van der Waals surface area (Å²) < 4.78 is 12.9. The molecule has 0 saturated heterocycles. The van der Waals surface area contributed by atoms with Gasteiger partial charge in [-0.2, -0.15) is 0 Å². The van der Waals surface area contributed by atoms with Gasteiger partial charge in [0.15, 0.2) is 0 Å². The lowest BCUT2D eigenvalue weighted by molar-refractivity contribution is 0.510. The van der Waals surface area contributed by atoms with Crippen molar-refractivity contribution in [1.82, 2.24) is 0 Å². The van der Waals surface area contributed by atoms with E-state index in [1.54, 1.807) is 6.08 Å². The third kappa shape index (κ3) is 1.69. The summed E-state index contributed by atoms with van der Waals surface area (Å²) in [4.78, 5) is 0. The Morgan fingerprint density at radius 1 is 1.40 bits per heavy atom. The van der Waals surface area contributed by atoms with Crippen molar-refractivity contribution in [1.29, 1.82) is 0 Å². The summed E-state index contributed by atoms with van der Waals surface area (Å²) in [5.74, 6) is 0.117. The standard InChI is InChI=1S/C9H13F/c1-2-5-8-6-3-4-7-9(8)10/h2H,1,3-7H2. The third-order valence-electron chi connectivity index (χ3n) is 1.90. The molecule has 0 aliphatic heterocycles. The molecule has 0 amide bonds. The minimum absolute atomic E-state index is 0.117. The molecule has 1 rings (SSSR count). The van der Waals surface area contributed by atoms with E-state index in [1.165, 1.54) is 0 Å². The molecule has 0 aromatic carbocycles. The first-order valence-corrected chi connectivity index (χ1v) is 3.82. The number of hydrogen-bond acceptors (Lipinski definition) is 0. The van der Waals surface area contributed by atoms with Crippen LogP contribution in [0.5, 0.6) is 0 Å². The summed E-state index contributed by atoms with van der Waals surface area (Å²) in [7, 11) is 0. The summed E-state index contributed by atoms with van der Waals surface area (Å²) >= 11 is 0. The highest BCUT2D eigenvalue weighted by molar-refractivity contribution is 5.13. The van der Waals surface area contributed by atoms with Crippen molar-refractivity contribution < 1.29 is 4.39 Å². The Morgan fingerprint density at radius 2 is 2.10 bits per heavy atom. The van der Waals surface area contributed by atoms with E-state index in [0.29, 0.717) is 6.42 Å². The first-order chi connectivity index (χ1) is 4.84. The summed E-state index contributed by atoms with van der Waals surface area (Å²) in [6.45, 7) is 3.59. The van der Waals surface area contributed by atoms with Crippen molar-refractivity contribution in [2.45, 2.75) is 32.1 Å². The van der Waals surface area contributed by atoms with Gasteiger partial charge in [-0.25, -0.2) is 4.39 Å². The average Bonchev–Trinajstić information content (AvgIpc) is 1.94. The molecule has 0 nitrogen and oxygen atoms in total. The molecule has 0 heterocycles. The van der Waals surface area contributed by atoms with Crippen LogP contribution in [-0.2, 0) is 0 Å². The second-order valence-electron chi connectivity index (χ2n) is 2.71. The number of allylic oxidation sites excluding steroid dienone is 3. The van der Waals surface area contributed by atoms with Crippen LogP contribution in [0.2, 0.25) is 0 Å². The smallest absolute Gasteiger partial charge is 0.0994 e. The van der Waals surface area contributed by atoms with Gasteiger partial charge in [-0.15, -0.1) is 6.58 Å². The first kappa shape index (κ1) is 7.52. The maximum absolute atomic E-state index is 12.9. The normalized spacial score (nSPS) is 19.3. The van der Waals surface area contributed by atoms with Gasteiger partial charge >= 0.3 is 0 Å². The Balaban J connectivity index is 2.58. The predicted molar refractivity (Wildman–Crippen MR) is 41.4 cm³/mol. The number of rotatable bonds is 2. The lowest BCUT2D eigenvalue weighted by Gasteiger charge is -2.12. The van der Waals surface area contributed by atoms with E-state index in [2.05, 4.69) is 6.58 Å². The van der Waals surface area contributed by atoms with Gasteiger partial charge in [0.05, 0.1) is 5.83 Å². The van der Waals surface area contributed by atoms with Crippen LogP contribution in [0.1, 0.15) is 32.1 Å². The molecular weight excluding hydrogens is 127 g/mol. The molecule has 0 saturated carbocycles. The fourth-order valence-corrected chi connectivity index (χ4v) is 1.32. The highest BCUT2D eigenvalue weighted by Crippen LogP contribution is 2.27. The lowest BCUT2D eigenvalue weighted by Crippen LogP contribution is -1.94. The Kier molecular flexibility index (Phi) is 2.67. The summed E-state index contributed by atoms with van der Waals surface area (Å²) in [5.41, 5.74) is 0.973. The molecule has 0 aromatic rings. The van der Waals surface area contributed by atoms with Crippen LogP contribution in [0, 0.1) is 0 Å². The highest BCUT2D eigenvalue weighted by Gasteiger charge is 2.09. The van der Waals surface area contributed by atoms with Crippen molar-refractivity contribution in [2.75, 3.05) is 0 Å². The highest BCUT2D eigenvalue weighted by atomic mass is 19.1. The van der Waals surface area contributed by atoms with Gasteiger partial charge in [0.1, 0.15) is 0 Å². The maximum Gasteiger partial charge on any atom is 0.0994 e. The van der Waals surface area contributed by atoms with E-state index < -0.39 is 0 Å². The zero-order valence-corrected chi connectivity index (χ0v) is 6.20. The quantitative estimate of drug-likeness (QED) is 0.516. The van der Waals surface area contributed by atoms with Crippen molar-refractivity contribution in [3.63, 3.8) is 0 Å². The molecule has 1 aliphatic rings.